The van der Waals surface area contributed by atoms with E-state index in [1.54, 1.807) is 45.3 Å². The second-order valence-corrected chi connectivity index (χ2v) is 8.38. The molecule has 0 aliphatic carbocycles. The molecule has 4 rings (SSSR count). The van der Waals surface area contributed by atoms with Crippen molar-refractivity contribution in [3.8, 4) is 0 Å². The number of rotatable bonds is 7. The summed E-state index contributed by atoms with van der Waals surface area (Å²) in [4.78, 5) is 24.8. The van der Waals surface area contributed by atoms with E-state index >= 15 is 0 Å². The molecular formula is C27H28F4N6O2. The summed E-state index contributed by atoms with van der Waals surface area (Å²) in [5.74, 6) is -2.81. The van der Waals surface area contributed by atoms with Crippen LogP contribution in [0.25, 0.3) is 10.9 Å². The van der Waals surface area contributed by atoms with Gasteiger partial charge in [-0.05, 0) is 61.4 Å². The van der Waals surface area contributed by atoms with Gasteiger partial charge < -0.3 is 21.3 Å². The molecule has 39 heavy (non-hydrogen) atoms. The molecule has 0 fully saturated rings. The van der Waals surface area contributed by atoms with Crippen LogP contribution >= 0.6 is 0 Å². The van der Waals surface area contributed by atoms with Gasteiger partial charge in [0, 0.05) is 29.5 Å². The number of anilines is 1. The average molecular weight is 545 g/mol. The van der Waals surface area contributed by atoms with E-state index in [0.29, 0.717) is 23.5 Å². The average Bonchev–Trinajstić information content (AvgIpc) is 3.37. The third kappa shape index (κ3) is 7.46. The number of fused-ring (bicyclic) bond motifs is 1. The SMILES string of the molecule is CC/C(F)=C\C(=C/CF)NC.CC1=C(C(=O)Nc2ccc3[nH]ncc3c2)C(c2ccc(F)c(F)c2)NC(=O)N1. The molecule has 2 aromatic carbocycles. The first kappa shape index (κ1) is 29.0. The highest BCUT2D eigenvalue weighted by Gasteiger charge is 2.31. The molecule has 0 saturated heterocycles. The third-order valence-corrected chi connectivity index (χ3v) is 5.72. The van der Waals surface area contributed by atoms with Crippen LogP contribution in [0, 0.1) is 11.6 Å². The summed E-state index contributed by atoms with van der Waals surface area (Å²) in [5.41, 5.74) is 2.59. The van der Waals surface area contributed by atoms with Crippen LogP contribution in [-0.2, 0) is 4.79 Å². The van der Waals surface area contributed by atoms with Crippen molar-refractivity contribution in [1.82, 2.24) is 26.1 Å². The first-order chi connectivity index (χ1) is 18.7. The summed E-state index contributed by atoms with van der Waals surface area (Å²) >= 11 is 0. The van der Waals surface area contributed by atoms with Crippen LogP contribution < -0.4 is 21.3 Å². The highest BCUT2D eigenvalue weighted by molar-refractivity contribution is 6.07. The third-order valence-electron chi connectivity index (χ3n) is 5.72. The van der Waals surface area contributed by atoms with E-state index in [9.17, 15) is 27.2 Å². The Morgan fingerprint density at radius 2 is 1.92 bits per heavy atom. The number of allylic oxidation sites excluding steroid dienone is 4. The Kier molecular flexibility index (Phi) is 9.85. The van der Waals surface area contributed by atoms with Crippen molar-refractivity contribution in [3.63, 3.8) is 0 Å². The number of nitrogens with zero attached hydrogens (tertiary/aromatic N) is 1. The summed E-state index contributed by atoms with van der Waals surface area (Å²) in [7, 11) is 1.63. The van der Waals surface area contributed by atoms with Gasteiger partial charge in [0.05, 0.1) is 23.3 Å². The number of benzene rings is 2. The Bertz CT molecular complexity index is 1450. The number of halogens is 4. The van der Waals surface area contributed by atoms with Crippen LogP contribution in [0.15, 0.2) is 77.5 Å². The smallest absolute Gasteiger partial charge is 0.319 e. The Morgan fingerprint density at radius 3 is 2.59 bits per heavy atom. The van der Waals surface area contributed by atoms with Crippen molar-refractivity contribution in [2.45, 2.75) is 26.3 Å². The second-order valence-electron chi connectivity index (χ2n) is 8.38. The van der Waals surface area contributed by atoms with E-state index in [-0.39, 0.29) is 17.0 Å². The molecule has 8 nitrogen and oxygen atoms in total. The van der Waals surface area contributed by atoms with Gasteiger partial charge in [-0.15, -0.1) is 0 Å². The largest absolute Gasteiger partial charge is 0.388 e. The summed E-state index contributed by atoms with van der Waals surface area (Å²) in [5, 5.41) is 18.1. The maximum atomic E-state index is 13.7. The minimum Gasteiger partial charge on any atom is -0.388 e. The predicted octanol–water partition coefficient (Wildman–Crippen LogP) is 5.43. The number of amides is 3. The molecule has 1 aliphatic rings. The molecule has 1 aliphatic heterocycles. The highest BCUT2D eigenvalue weighted by Crippen LogP contribution is 2.29. The van der Waals surface area contributed by atoms with Gasteiger partial charge >= 0.3 is 6.03 Å². The van der Waals surface area contributed by atoms with Gasteiger partial charge in [-0.25, -0.2) is 22.4 Å². The van der Waals surface area contributed by atoms with Crippen molar-refractivity contribution in [2.24, 2.45) is 0 Å². The van der Waals surface area contributed by atoms with E-state index in [0.717, 1.165) is 23.0 Å². The molecule has 5 N–H and O–H groups in total. The molecule has 1 atom stereocenters. The van der Waals surface area contributed by atoms with Gasteiger partial charge in [-0.1, -0.05) is 13.0 Å². The highest BCUT2D eigenvalue weighted by atomic mass is 19.2. The monoisotopic (exact) mass is 544 g/mol. The summed E-state index contributed by atoms with van der Waals surface area (Å²) in [6, 6.07) is 6.99. The molecule has 12 heteroatoms. The molecule has 0 saturated carbocycles. The summed E-state index contributed by atoms with van der Waals surface area (Å²) < 4.78 is 51.2. The minimum atomic E-state index is -1.06. The van der Waals surface area contributed by atoms with Gasteiger partial charge in [0.15, 0.2) is 11.6 Å². The van der Waals surface area contributed by atoms with E-state index < -0.39 is 36.3 Å². The first-order valence-corrected chi connectivity index (χ1v) is 11.9. The Hall–Kier alpha value is -4.61. The molecule has 2 heterocycles. The van der Waals surface area contributed by atoms with Crippen LogP contribution in [-0.4, -0.2) is 35.9 Å². The molecular weight excluding hydrogens is 516 g/mol. The van der Waals surface area contributed by atoms with E-state index in [2.05, 4.69) is 31.5 Å². The molecule has 0 bridgehead atoms. The van der Waals surface area contributed by atoms with Gasteiger partial charge in [-0.2, -0.15) is 5.10 Å². The number of likely N-dealkylation sites (N-methyl/N-ethyl adjacent to an activating group) is 1. The van der Waals surface area contributed by atoms with Crippen molar-refractivity contribution in [2.75, 3.05) is 19.0 Å². The van der Waals surface area contributed by atoms with Gasteiger partial charge in [-0.3, -0.25) is 9.89 Å². The van der Waals surface area contributed by atoms with Crippen LogP contribution in [0.5, 0.6) is 0 Å². The number of carbonyl (C=O) groups excluding carboxylic acids is 2. The fraction of sp³-hybridized carbons (Fsp3) is 0.222. The number of aromatic amines is 1. The zero-order chi connectivity index (χ0) is 28.5. The van der Waals surface area contributed by atoms with E-state index in [1.165, 1.54) is 18.2 Å². The van der Waals surface area contributed by atoms with E-state index in [4.69, 9.17) is 0 Å². The first-order valence-electron chi connectivity index (χ1n) is 11.9. The van der Waals surface area contributed by atoms with Gasteiger partial charge in [0.25, 0.3) is 5.91 Å². The molecule has 206 valence electrons. The van der Waals surface area contributed by atoms with Crippen LogP contribution in [0.4, 0.5) is 28.0 Å². The number of hydrogen-bond donors (Lipinski definition) is 5. The number of carbonyl (C=O) groups is 2. The Morgan fingerprint density at radius 1 is 1.15 bits per heavy atom. The molecule has 3 amide bonds. The fourth-order valence-corrected chi connectivity index (χ4v) is 3.74. The zero-order valence-corrected chi connectivity index (χ0v) is 21.5. The van der Waals surface area contributed by atoms with Crippen LogP contribution in [0.3, 0.4) is 0 Å². The quantitative estimate of drug-likeness (QED) is 0.202. The van der Waals surface area contributed by atoms with Crippen molar-refractivity contribution in [1.29, 1.82) is 0 Å². The standard InChI is InChI=1S/C19H15F2N5O2.C8H13F2N/c1-9-16(18(27)24-12-3-5-15-11(6-12)8-22-26-15)17(25-19(28)23-9)10-2-4-13(20)14(21)7-10;1-3-7(10)6-8(11-2)4-5-9/h2-8,17H,1H3,(H,22,26)(H,24,27)(H2,23,25,28);4,6,11H,3,5H2,1-2H3/b;7-6+,8-4+. The number of aromatic nitrogens is 2. The molecule has 1 aromatic heterocycles. The lowest BCUT2D eigenvalue weighted by Gasteiger charge is -2.28. The number of nitrogens with one attached hydrogen (secondary N) is 5. The zero-order valence-electron chi connectivity index (χ0n) is 21.5. The van der Waals surface area contributed by atoms with Crippen molar-refractivity contribution in [3.05, 3.63) is 94.7 Å². The van der Waals surface area contributed by atoms with Crippen LogP contribution in [0.1, 0.15) is 31.9 Å². The molecule has 0 radical (unpaired) electrons. The number of hydrogen-bond acceptors (Lipinski definition) is 4. The number of urea groups is 1. The normalized spacial score (nSPS) is 15.8. The van der Waals surface area contributed by atoms with Crippen molar-refractivity contribution >= 4 is 28.5 Å². The summed E-state index contributed by atoms with van der Waals surface area (Å²) in [6.07, 6.45) is 4.54. The lowest BCUT2D eigenvalue weighted by Crippen LogP contribution is -2.46. The fourth-order valence-electron chi connectivity index (χ4n) is 3.74. The molecule has 0 spiro atoms. The van der Waals surface area contributed by atoms with Crippen molar-refractivity contribution < 1.29 is 27.2 Å². The Balaban J connectivity index is 0.000000325. The number of alkyl halides is 1. The molecule has 1 unspecified atom stereocenters. The van der Waals surface area contributed by atoms with Crippen LogP contribution in [0.2, 0.25) is 0 Å². The Labute approximate surface area is 222 Å². The van der Waals surface area contributed by atoms with Gasteiger partial charge in [0.2, 0.25) is 0 Å². The maximum absolute atomic E-state index is 13.7. The lowest BCUT2D eigenvalue weighted by atomic mass is 9.94. The summed E-state index contributed by atoms with van der Waals surface area (Å²) in [6.45, 7) is 2.69. The maximum Gasteiger partial charge on any atom is 0.319 e. The number of H-pyrrole nitrogens is 1. The van der Waals surface area contributed by atoms with Gasteiger partial charge in [0.1, 0.15) is 12.5 Å². The topological polar surface area (TPSA) is 111 Å². The molecule has 3 aromatic rings. The minimum absolute atomic E-state index is 0.192. The van der Waals surface area contributed by atoms with E-state index in [1.807, 2.05) is 0 Å². The predicted molar refractivity (Wildman–Crippen MR) is 141 cm³/mol. The second kappa shape index (κ2) is 13.3. The lowest BCUT2D eigenvalue weighted by molar-refractivity contribution is -0.113.